The fraction of sp³-hybridized carbons (Fsp3) is 0.440. The first-order valence-electron chi connectivity index (χ1n) is 10.7. The summed E-state index contributed by atoms with van der Waals surface area (Å²) in [6.45, 7) is 5.48. The quantitative estimate of drug-likeness (QED) is 0.621. The lowest BCUT2D eigenvalue weighted by molar-refractivity contribution is -0.160. The Hall–Kier alpha value is -3.42. The molecule has 0 N–H and O–H groups in total. The van der Waals surface area contributed by atoms with E-state index in [0.29, 0.717) is 39.9 Å². The van der Waals surface area contributed by atoms with Crippen molar-refractivity contribution in [3.8, 4) is 28.7 Å². The lowest BCUT2D eigenvalue weighted by Gasteiger charge is -2.34. The van der Waals surface area contributed by atoms with Crippen LogP contribution in [0.15, 0.2) is 24.3 Å². The van der Waals surface area contributed by atoms with E-state index in [1.165, 1.54) is 21.3 Å². The highest BCUT2D eigenvalue weighted by molar-refractivity contribution is 6.02. The molecular formula is C25H28O8. The van der Waals surface area contributed by atoms with E-state index in [2.05, 4.69) is 0 Å². The summed E-state index contributed by atoms with van der Waals surface area (Å²) in [5.74, 6) is 0.549. The number of hydrogen-bond acceptors (Lipinski definition) is 8. The van der Waals surface area contributed by atoms with Crippen molar-refractivity contribution in [1.29, 1.82) is 0 Å². The molecule has 0 amide bonds. The van der Waals surface area contributed by atoms with E-state index < -0.39 is 23.4 Å². The number of methoxy groups -OCH3 is 3. The van der Waals surface area contributed by atoms with Gasteiger partial charge in [0.1, 0.15) is 5.60 Å². The number of hydrogen-bond donors (Lipinski definition) is 0. The molecule has 2 aromatic rings. The third-order valence-electron chi connectivity index (χ3n) is 5.74. The third-order valence-corrected chi connectivity index (χ3v) is 5.74. The van der Waals surface area contributed by atoms with E-state index in [4.69, 9.17) is 28.4 Å². The van der Waals surface area contributed by atoms with Gasteiger partial charge in [0.05, 0.1) is 27.2 Å². The van der Waals surface area contributed by atoms with Crippen LogP contribution in [0.3, 0.4) is 0 Å². The number of rotatable bonds is 5. The van der Waals surface area contributed by atoms with Gasteiger partial charge in [0, 0.05) is 17.9 Å². The van der Waals surface area contributed by atoms with Crippen molar-refractivity contribution >= 4 is 11.8 Å². The van der Waals surface area contributed by atoms with E-state index in [1.807, 2.05) is 0 Å². The molecule has 0 unspecified atom stereocenters. The van der Waals surface area contributed by atoms with E-state index >= 15 is 0 Å². The molecule has 1 aliphatic carbocycles. The molecule has 0 fully saturated rings. The highest BCUT2D eigenvalue weighted by Crippen LogP contribution is 2.49. The normalized spacial score (nSPS) is 19.0. The maximum Gasteiger partial charge on any atom is 0.310 e. The Morgan fingerprint density at radius 3 is 2.09 bits per heavy atom. The molecule has 0 spiro atoms. The van der Waals surface area contributed by atoms with Gasteiger partial charge in [0.25, 0.3) is 0 Å². The topological polar surface area (TPSA) is 89.5 Å². The SMILES string of the molecule is COc1cc([C@@H]2c3cc4c(cc3C(=O)C[C@H]2C(=O)OC(C)(C)C)OCO4)cc(OC)c1OC. The first kappa shape index (κ1) is 22.8. The number of ketones is 1. The number of carbonyl (C=O) groups excluding carboxylic acids is 2. The van der Waals surface area contributed by atoms with Crippen molar-refractivity contribution in [2.75, 3.05) is 28.1 Å². The van der Waals surface area contributed by atoms with Crippen LogP contribution in [0.25, 0.3) is 0 Å². The van der Waals surface area contributed by atoms with Gasteiger partial charge in [0.15, 0.2) is 28.8 Å². The Labute approximate surface area is 192 Å². The first-order chi connectivity index (χ1) is 15.7. The largest absolute Gasteiger partial charge is 0.493 e. The summed E-state index contributed by atoms with van der Waals surface area (Å²) in [6.07, 6.45) is 0.00286. The Kier molecular flexibility index (Phi) is 5.86. The minimum absolute atomic E-state index is 0.00286. The van der Waals surface area contributed by atoms with Gasteiger partial charge in [-0.25, -0.2) is 0 Å². The molecule has 1 aliphatic heterocycles. The lowest BCUT2D eigenvalue weighted by Crippen LogP contribution is -2.36. The molecule has 33 heavy (non-hydrogen) atoms. The molecule has 176 valence electrons. The fourth-order valence-corrected chi connectivity index (χ4v) is 4.39. The van der Waals surface area contributed by atoms with Gasteiger partial charge in [-0.1, -0.05) is 0 Å². The van der Waals surface area contributed by atoms with Crippen molar-refractivity contribution in [3.63, 3.8) is 0 Å². The van der Waals surface area contributed by atoms with Crippen LogP contribution in [-0.4, -0.2) is 45.5 Å². The Morgan fingerprint density at radius 1 is 0.939 bits per heavy atom. The molecule has 1 heterocycles. The maximum absolute atomic E-state index is 13.3. The number of ether oxygens (including phenoxy) is 6. The van der Waals surface area contributed by atoms with Crippen molar-refractivity contribution in [1.82, 2.24) is 0 Å². The molecule has 0 saturated carbocycles. The molecule has 8 heteroatoms. The van der Waals surface area contributed by atoms with Crippen molar-refractivity contribution in [2.45, 2.75) is 38.7 Å². The zero-order chi connectivity index (χ0) is 23.9. The fourth-order valence-electron chi connectivity index (χ4n) is 4.39. The summed E-state index contributed by atoms with van der Waals surface area (Å²) in [5.41, 5.74) is 1.20. The smallest absolute Gasteiger partial charge is 0.310 e. The highest BCUT2D eigenvalue weighted by Gasteiger charge is 2.43. The molecule has 2 aliphatic rings. The van der Waals surface area contributed by atoms with Crippen molar-refractivity contribution in [2.24, 2.45) is 5.92 Å². The van der Waals surface area contributed by atoms with Crippen LogP contribution in [0.2, 0.25) is 0 Å². The molecule has 0 radical (unpaired) electrons. The highest BCUT2D eigenvalue weighted by atomic mass is 16.7. The van der Waals surface area contributed by atoms with Crippen LogP contribution in [-0.2, 0) is 9.53 Å². The van der Waals surface area contributed by atoms with Crippen LogP contribution in [0.1, 0.15) is 54.6 Å². The van der Waals surface area contributed by atoms with E-state index in [-0.39, 0.29) is 19.0 Å². The van der Waals surface area contributed by atoms with Gasteiger partial charge in [-0.15, -0.1) is 0 Å². The van der Waals surface area contributed by atoms with E-state index in [0.717, 1.165) is 5.56 Å². The molecule has 0 aromatic heterocycles. The second-order valence-corrected chi connectivity index (χ2v) is 9.00. The molecule has 0 saturated heterocycles. The summed E-state index contributed by atoms with van der Waals surface area (Å²) < 4.78 is 33.3. The molecule has 0 bridgehead atoms. The number of benzene rings is 2. The van der Waals surface area contributed by atoms with Crippen LogP contribution in [0, 0.1) is 5.92 Å². The summed E-state index contributed by atoms with van der Waals surface area (Å²) in [4.78, 5) is 26.4. The van der Waals surface area contributed by atoms with Crippen LogP contribution >= 0.6 is 0 Å². The number of Topliss-reactive ketones (excluding diaryl/α,β-unsaturated/α-hetero) is 1. The summed E-state index contributed by atoms with van der Waals surface area (Å²) in [6, 6.07) is 7.07. The second kappa shape index (κ2) is 8.50. The number of esters is 1. The van der Waals surface area contributed by atoms with Gasteiger partial charge < -0.3 is 28.4 Å². The van der Waals surface area contributed by atoms with Gasteiger partial charge in [-0.2, -0.15) is 0 Å². The van der Waals surface area contributed by atoms with Crippen molar-refractivity contribution in [3.05, 3.63) is 41.0 Å². The molecule has 2 aromatic carbocycles. The van der Waals surface area contributed by atoms with Crippen LogP contribution in [0.4, 0.5) is 0 Å². The third kappa shape index (κ3) is 4.17. The predicted molar refractivity (Wildman–Crippen MR) is 119 cm³/mol. The Morgan fingerprint density at radius 2 is 1.55 bits per heavy atom. The van der Waals surface area contributed by atoms with Crippen LogP contribution in [0.5, 0.6) is 28.7 Å². The van der Waals surface area contributed by atoms with Crippen molar-refractivity contribution < 1.29 is 38.0 Å². The summed E-state index contributed by atoms with van der Waals surface area (Å²) >= 11 is 0. The van der Waals surface area contributed by atoms with Crippen LogP contribution < -0.4 is 23.7 Å². The Balaban J connectivity index is 1.92. The lowest BCUT2D eigenvalue weighted by atomic mass is 9.71. The van der Waals surface area contributed by atoms with Gasteiger partial charge >= 0.3 is 5.97 Å². The summed E-state index contributed by atoms with van der Waals surface area (Å²) in [7, 11) is 4.59. The maximum atomic E-state index is 13.3. The predicted octanol–water partition coefficient (Wildman–Crippen LogP) is 4.12. The minimum atomic E-state index is -0.743. The Bertz CT molecular complexity index is 1070. The average Bonchev–Trinajstić information content (AvgIpc) is 3.23. The van der Waals surface area contributed by atoms with E-state index in [9.17, 15) is 9.59 Å². The second-order valence-electron chi connectivity index (χ2n) is 9.00. The van der Waals surface area contributed by atoms with Gasteiger partial charge in [-0.3, -0.25) is 9.59 Å². The van der Waals surface area contributed by atoms with Gasteiger partial charge in [-0.05, 0) is 56.2 Å². The average molecular weight is 456 g/mol. The monoisotopic (exact) mass is 456 g/mol. The zero-order valence-electron chi connectivity index (χ0n) is 19.6. The number of fused-ring (bicyclic) bond motifs is 2. The molecule has 4 rings (SSSR count). The summed E-state index contributed by atoms with van der Waals surface area (Å²) in [5, 5.41) is 0. The molecule has 8 nitrogen and oxygen atoms in total. The zero-order valence-corrected chi connectivity index (χ0v) is 19.6. The van der Waals surface area contributed by atoms with E-state index in [1.54, 1.807) is 45.0 Å². The molecule has 2 atom stereocenters. The van der Waals surface area contributed by atoms with Gasteiger partial charge in [0.2, 0.25) is 12.5 Å². The first-order valence-corrected chi connectivity index (χ1v) is 10.7. The number of carbonyl (C=O) groups is 2. The molecular weight excluding hydrogens is 428 g/mol. The standard InChI is InChI=1S/C25H28O8/c1-25(2,3)33-24(27)16-9-17(26)14-10-18-19(32-12-31-18)11-15(14)22(16)13-7-20(28-4)23(30-6)21(8-13)29-5/h7-8,10-11,16,22H,9,12H2,1-6H3/t16-,22-/m1/s1. The minimum Gasteiger partial charge on any atom is -0.493 e.